The van der Waals surface area contributed by atoms with Crippen LogP contribution in [0.3, 0.4) is 0 Å². The second-order valence-corrected chi connectivity index (χ2v) is 3.53. The molecule has 0 saturated heterocycles. The first-order valence-corrected chi connectivity index (χ1v) is 5.28. The number of carbonyl (C=O) groups is 1. The molecule has 0 spiro atoms. The minimum atomic E-state index is -1.39. The van der Waals surface area contributed by atoms with Crippen LogP contribution in [-0.4, -0.2) is 17.5 Å². The first kappa shape index (κ1) is 14.0. The molecule has 0 unspecified atom stereocenters. The van der Waals surface area contributed by atoms with Gasteiger partial charge in [-0.2, -0.15) is 4.39 Å². The van der Waals surface area contributed by atoms with Crippen molar-refractivity contribution in [3.05, 3.63) is 39.4 Å². The number of rotatable bonds is 5. The summed E-state index contributed by atoms with van der Waals surface area (Å²) in [6.45, 7) is 1.92. The number of benzene rings is 1. The summed E-state index contributed by atoms with van der Waals surface area (Å²) in [5.74, 6) is -3.56. The van der Waals surface area contributed by atoms with E-state index in [2.05, 4.69) is 4.74 Å². The molecule has 0 aliphatic heterocycles. The quantitative estimate of drug-likeness (QED) is 0.353. The normalized spacial score (nSPS) is 10.2. The van der Waals surface area contributed by atoms with Gasteiger partial charge in [0.2, 0.25) is 5.82 Å². The fourth-order valence-corrected chi connectivity index (χ4v) is 1.24. The van der Waals surface area contributed by atoms with Crippen LogP contribution in [0.1, 0.15) is 30.1 Å². The van der Waals surface area contributed by atoms with Crippen LogP contribution in [-0.2, 0) is 4.74 Å². The zero-order valence-electron chi connectivity index (χ0n) is 9.61. The second-order valence-electron chi connectivity index (χ2n) is 3.53. The molecule has 98 valence electrons. The first-order chi connectivity index (χ1) is 8.47. The Morgan fingerprint density at radius 3 is 2.67 bits per heavy atom. The van der Waals surface area contributed by atoms with E-state index in [1.165, 1.54) is 0 Å². The number of ether oxygens (including phenoxy) is 1. The highest BCUT2D eigenvalue weighted by atomic mass is 19.1. The lowest BCUT2D eigenvalue weighted by Gasteiger charge is -2.05. The number of halogens is 2. The summed E-state index contributed by atoms with van der Waals surface area (Å²) in [7, 11) is 0. The summed E-state index contributed by atoms with van der Waals surface area (Å²) in [5, 5.41) is 10.5. The lowest BCUT2D eigenvalue weighted by atomic mass is 10.2. The Morgan fingerprint density at radius 1 is 1.44 bits per heavy atom. The topological polar surface area (TPSA) is 69.4 Å². The van der Waals surface area contributed by atoms with Crippen molar-refractivity contribution in [2.24, 2.45) is 0 Å². The maximum Gasteiger partial charge on any atom is 0.341 e. The molecule has 0 amide bonds. The fourth-order valence-electron chi connectivity index (χ4n) is 1.24. The summed E-state index contributed by atoms with van der Waals surface area (Å²) in [6, 6.07) is 0.995. The van der Waals surface area contributed by atoms with E-state index >= 15 is 0 Å². The van der Waals surface area contributed by atoms with Crippen LogP contribution in [0.25, 0.3) is 0 Å². The van der Waals surface area contributed by atoms with E-state index in [0.29, 0.717) is 18.6 Å². The number of hydrogen-bond acceptors (Lipinski definition) is 4. The molecule has 1 rings (SSSR count). The van der Waals surface area contributed by atoms with E-state index in [9.17, 15) is 23.7 Å². The van der Waals surface area contributed by atoms with Crippen molar-refractivity contribution >= 4 is 11.7 Å². The van der Waals surface area contributed by atoms with Gasteiger partial charge < -0.3 is 4.74 Å². The highest BCUT2D eigenvalue weighted by Crippen LogP contribution is 2.23. The van der Waals surface area contributed by atoms with Gasteiger partial charge >= 0.3 is 11.7 Å². The number of esters is 1. The molecular formula is C11H11F2NO4. The lowest BCUT2D eigenvalue weighted by Crippen LogP contribution is -2.10. The summed E-state index contributed by atoms with van der Waals surface area (Å²) < 4.78 is 31.3. The largest absolute Gasteiger partial charge is 0.462 e. The molecule has 0 aliphatic rings. The molecule has 0 aliphatic carbocycles. The zero-order chi connectivity index (χ0) is 13.7. The van der Waals surface area contributed by atoms with Gasteiger partial charge in [-0.05, 0) is 12.5 Å². The smallest absolute Gasteiger partial charge is 0.341 e. The third-order valence-corrected chi connectivity index (χ3v) is 2.17. The predicted molar refractivity (Wildman–Crippen MR) is 58.2 cm³/mol. The Hall–Kier alpha value is -2.05. The maximum absolute atomic E-state index is 13.6. The maximum atomic E-state index is 13.6. The number of hydrogen-bond donors (Lipinski definition) is 0. The molecule has 1 aromatic rings. The van der Waals surface area contributed by atoms with Crippen LogP contribution in [0.4, 0.5) is 14.5 Å². The molecule has 0 saturated carbocycles. The van der Waals surface area contributed by atoms with Gasteiger partial charge in [-0.15, -0.1) is 0 Å². The molecule has 0 aromatic heterocycles. The van der Waals surface area contributed by atoms with Gasteiger partial charge in [0.25, 0.3) is 0 Å². The zero-order valence-corrected chi connectivity index (χ0v) is 9.61. The van der Waals surface area contributed by atoms with Gasteiger partial charge in [-0.25, -0.2) is 9.18 Å². The average Bonchev–Trinajstić information content (AvgIpc) is 2.31. The van der Waals surface area contributed by atoms with Gasteiger partial charge in [-0.1, -0.05) is 13.3 Å². The van der Waals surface area contributed by atoms with Crippen molar-refractivity contribution in [2.75, 3.05) is 6.61 Å². The van der Waals surface area contributed by atoms with Gasteiger partial charge in [0, 0.05) is 0 Å². The number of nitrogens with zero attached hydrogens (tertiary/aromatic N) is 1. The SMILES string of the molecule is CCCCOC(=O)c1cc(F)cc([N+](=O)[O-])c1F. The Balaban J connectivity index is 3.01. The molecule has 0 N–H and O–H groups in total. The molecule has 0 radical (unpaired) electrons. The second kappa shape index (κ2) is 6.04. The highest BCUT2D eigenvalue weighted by molar-refractivity contribution is 5.90. The van der Waals surface area contributed by atoms with Crippen LogP contribution in [0, 0.1) is 21.7 Å². The van der Waals surface area contributed by atoms with Crippen LogP contribution in [0.15, 0.2) is 12.1 Å². The van der Waals surface area contributed by atoms with E-state index in [1.807, 2.05) is 6.92 Å². The molecule has 1 aromatic carbocycles. The van der Waals surface area contributed by atoms with Crippen molar-refractivity contribution in [2.45, 2.75) is 19.8 Å². The standard InChI is InChI=1S/C11H11F2NO4/c1-2-3-4-18-11(15)8-5-7(12)6-9(10(8)13)14(16)17/h5-6H,2-4H2,1H3. The van der Waals surface area contributed by atoms with E-state index < -0.39 is 33.8 Å². The Morgan fingerprint density at radius 2 is 2.11 bits per heavy atom. The minimum absolute atomic E-state index is 0.0546. The van der Waals surface area contributed by atoms with Crippen LogP contribution in [0.5, 0.6) is 0 Å². The monoisotopic (exact) mass is 259 g/mol. The molecule has 7 heteroatoms. The van der Waals surface area contributed by atoms with Crippen LogP contribution < -0.4 is 0 Å². The lowest BCUT2D eigenvalue weighted by molar-refractivity contribution is -0.387. The molecule has 0 heterocycles. The van der Waals surface area contributed by atoms with Crippen molar-refractivity contribution in [3.63, 3.8) is 0 Å². The average molecular weight is 259 g/mol. The summed E-state index contributed by atoms with van der Waals surface area (Å²) in [5.41, 5.74) is -1.85. The molecular weight excluding hydrogens is 248 g/mol. The predicted octanol–water partition coefficient (Wildman–Crippen LogP) is 2.83. The van der Waals surface area contributed by atoms with Crippen molar-refractivity contribution in [1.82, 2.24) is 0 Å². The highest BCUT2D eigenvalue weighted by Gasteiger charge is 2.24. The van der Waals surface area contributed by atoms with E-state index in [0.717, 1.165) is 6.42 Å². The van der Waals surface area contributed by atoms with Gasteiger partial charge in [0.15, 0.2) is 0 Å². The molecule has 0 atom stereocenters. The molecule has 18 heavy (non-hydrogen) atoms. The molecule has 0 fully saturated rings. The van der Waals surface area contributed by atoms with Crippen LogP contribution >= 0.6 is 0 Å². The van der Waals surface area contributed by atoms with Gasteiger partial charge in [-0.3, -0.25) is 10.1 Å². The van der Waals surface area contributed by atoms with E-state index in [1.54, 1.807) is 0 Å². The summed E-state index contributed by atoms with van der Waals surface area (Å²) in [6.07, 6.45) is 1.34. The first-order valence-electron chi connectivity index (χ1n) is 5.28. The number of unbranched alkanes of at least 4 members (excludes halogenated alkanes) is 1. The fraction of sp³-hybridized carbons (Fsp3) is 0.364. The Labute approximate surface area is 102 Å². The molecule has 5 nitrogen and oxygen atoms in total. The third kappa shape index (κ3) is 3.22. The molecule has 0 bridgehead atoms. The number of nitro benzene ring substituents is 1. The van der Waals surface area contributed by atoms with Crippen molar-refractivity contribution in [3.8, 4) is 0 Å². The van der Waals surface area contributed by atoms with Gasteiger partial charge in [0.1, 0.15) is 11.4 Å². The van der Waals surface area contributed by atoms with E-state index in [4.69, 9.17) is 0 Å². The summed E-state index contributed by atoms with van der Waals surface area (Å²) in [4.78, 5) is 20.8. The van der Waals surface area contributed by atoms with Crippen LogP contribution in [0.2, 0.25) is 0 Å². The Bertz CT molecular complexity index is 476. The van der Waals surface area contributed by atoms with Crippen molar-refractivity contribution in [1.29, 1.82) is 0 Å². The Kier molecular flexibility index (Phi) is 4.70. The van der Waals surface area contributed by atoms with Crippen molar-refractivity contribution < 1.29 is 23.2 Å². The third-order valence-electron chi connectivity index (χ3n) is 2.17. The van der Waals surface area contributed by atoms with E-state index in [-0.39, 0.29) is 6.61 Å². The number of carbonyl (C=O) groups excluding carboxylic acids is 1. The summed E-state index contributed by atoms with van der Waals surface area (Å²) >= 11 is 0. The minimum Gasteiger partial charge on any atom is -0.462 e. The number of nitro groups is 1. The van der Waals surface area contributed by atoms with Gasteiger partial charge in [0.05, 0.1) is 17.6 Å².